The lowest BCUT2D eigenvalue weighted by atomic mass is 9.95. The third kappa shape index (κ3) is 3.17. The number of nitriles is 1. The number of halogens is 1. The van der Waals surface area contributed by atoms with Crippen molar-refractivity contribution in [2.75, 3.05) is 0 Å². The van der Waals surface area contributed by atoms with E-state index in [1.54, 1.807) is 0 Å². The molecule has 1 aliphatic carbocycles. The Morgan fingerprint density at radius 2 is 1.95 bits per heavy atom. The highest BCUT2D eigenvalue weighted by molar-refractivity contribution is 6.30. The molecule has 3 nitrogen and oxygen atoms in total. The van der Waals surface area contributed by atoms with Crippen molar-refractivity contribution >= 4 is 11.6 Å². The molecule has 0 unspecified atom stereocenters. The molecule has 0 atom stereocenters. The standard InChI is InChI=1S/C17H15ClN2O/c18-15-7-5-12(6-8-15)11-21-17-14(10-19)9-13-3-1-2-4-16(13)20-17/h5-9H,1-4,11H2. The molecule has 0 saturated heterocycles. The molecule has 21 heavy (non-hydrogen) atoms. The molecule has 3 rings (SSSR count). The molecule has 0 amide bonds. The zero-order chi connectivity index (χ0) is 14.7. The van der Waals surface area contributed by atoms with Crippen LogP contribution < -0.4 is 4.74 Å². The first-order valence-corrected chi connectivity index (χ1v) is 7.44. The molecule has 106 valence electrons. The van der Waals surface area contributed by atoms with Gasteiger partial charge in [-0.1, -0.05) is 23.7 Å². The fraction of sp³-hybridized carbons (Fsp3) is 0.294. The number of ether oxygens (including phenoxy) is 1. The van der Waals surface area contributed by atoms with E-state index >= 15 is 0 Å². The third-order valence-corrected chi connectivity index (χ3v) is 3.93. The van der Waals surface area contributed by atoms with E-state index in [1.165, 1.54) is 12.0 Å². The first kappa shape index (κ1) is 13.9. The van der Waals surface area contributed by atoms with Gasteiger partial charge in [-0.2, -0.15) is 5.26 Å². The van der Waals surface area contributed by atoms with Crippen LogP contribution in [0.4, 0.5) is 0 Å². The monoisotopic (exact) mass is 298 g/mol. The summed E-state index contributed by atoms with van der Waals surface area (Å²) in [6.45, 7) is 0.387. The molecule has 0 bridgehead atoms. The maximum Gasteiger partial charge on any atom is 0.232 e. The molecule has 2 aromatic rings. The summed E-state index contributed by atoms with van der Waals surface area (Å²) in [5.41, 5.74) is 3.79. The van der Waals surface area contributed by atoms with Crippen LogP contribution in [0.25, 0.3) is 0 Å². The minimum Gasteiger partial charge on any atom is -0.472 e. The number of pyridine rings is 1. The highest BCUT2D eigenvalue weighted by Gasteiger charge is 2.16. The molecule has 0 radical (unpaired) electrons. The summed E-state index contributed by atoms with van der Waals surface area (Å²) in [4.78, 5) is 4.55. The summed E-state index contributed by atoms with van der Waals surface area (Å²) in [5.74, 6) is 0.438. The first-order chi connectivity index (χ1) is 10.3. The fourth-order valence-corrected chi connectivity index (χ4v) is 2.66. The van der Waals surface area contributed by atoms with Crippen LogP contribution in [0.3, 0.4) is 0 Å². The molecule has 0 spiro atoms. The Labute approximate surface area is 129 Å². The Balaban J connectivity index is 1.81. The highest BCUT2D eigenvalue weighted by atomic mass is 35.5. The SMILES string of the molecule is N#Cc1cc2c(nc1OCc1ccc(Cl)cc1)CCCC2. The van der Waals surface area contributed by atoms with Crippen LogP contribution in [-0.2, 0) is 19.4 Å². The van der Waals surface area contributed by atoms with Gasteiger partial charge in [-0.15, -0.1) is 0 Å². The number of aromatic nitrogens is 1. The summed E-state index contributed by atoms with van der Waals surface area (Å²) in [7, 11) is 0. The number of hydrogen-bond acceptors (Lipinski definition) is 3. The molecule has 0 aliphatic heterocycles. The molecule has 1 aromatic carbocycles. The summed E-state index contributed by atoms with van der Waals surface area (Å²) in [6, 6.07) is 11.6. The summed E-state index contributed by atoms with van der Waals surface area (Å²) in [5, 5.41) is 9.96. The second kappa shape index (κ2) is 6.15. The van der Waals surface area contributed by atoms with Crippen molar-refractivity contribution < 1.29 is 4.74 Å². The molecule has 1 aromatic heterocycles. The third-order valence-electron chi connectivity index (χ3n) is 3.68. The topological polar surface area (TPSA) is 45.9 Å². The van der Waals surface area contributed by atoms with Crippen LogP contribution in [0.15, 0.2) is 30.3 Å². The Hall–Kier alpha value is -2.05. The zero-order valence-electron chi connectivity index (χ0n) is 11.6. The van der Waals surface area contributed by atoms with Crippen molar-refractivity contribution in [2.24, 2.45) is 0 Å². The lowest BCUT2D eigenvalue weighted by Crippen LogP contribution is -2.08. The van der Waals surface area contributed by atoms with E-state index in [1.807, 2.05) is 30.3 Å². The second-order valence-corrected chi connectivity index (χ2v) is 5.62. The van der Waals surface area contributed by atoms with Gasteiger partial charge < -0.3 is 4.74 Å². The predicted molar refractivity (Wildman–Crippen MR) is 81.4 cm³/mol. The van der Waals surface area contributed by atoms with E-state index < -0.39 is 0 Å². The number of nitrogens with zero attached hydrogens (tertiary/aromatic N) is 2. The van der Waals surface area contributed by atoms with E-state index in [-0.39, 0.29) is 0 Å². The minimum absolute atomic E-state index is 0.387. The largest absolute Gasteiger partial charge is 0.472 e. The van der Waals surface area contributed by atoms with E-state index in [0.29, 0.717) is 23.1 Å². The van der Waals surface area contributed by atoms with Crippen LogP contribution in [0.5, 0.6) is 5.88 Å². The van der Waals surface area contributed by atoms with Gasteiger partial charge in [0.2, 0.25) is 5.88 Å². The normalized spacial score (nSPS) is 13.3. The first-order valence-electron chi connectivity index (χ1n) is 7.06. The smallest absolute Gasteiger partial charge is 0.232 e. The summed E-state index contributed by atoms with van der Waals surface area (Å²) >= 11 is 5.86. The maximum atomic E-state index is 9.27. The molecular weight excluding hydrogens is 284 g/mol. The summed E-state index contributed by atoms with van der Waals surface area (Å²) in [6.07, 6.45) is 4.31. The van der Waals surface area contributed by atoms with Crippen molar-refractivity contribution in [3.63, 3.8) is 0 Å². The Morgan fingerprint density at radius 3 is 2.71 bits per heavy atom. The molecule has 0 N–H and O–H groups in total. The van der Waals surface area contributed by atoms with Crippen LogP contribution in [-0.4, -0.2) is 4.98 Å². The molecule has 1 aliphatic rings. The van der Waals surface area contributed by atoms with E-state index in [9.17, 15) is 5.26 Å². The summed E-state index contributed by atoms with van der Waals surface area (Å²) < 4.78 is 5.74. The van der Waals surface area contributed by atoms with Crippen molar-refractivity contribution in [1.29, 1.82) is 5.26 Å². The van der Waals surface area contributed by atoms with Gasteiger partial charge in [0.05, 0.1) is 0 Å². The molecule has 0 fully saturated rings. The van der Waals surface area contributed by atoms with Gasteiger partial charge in [0.1, 0.15) is 18.2 Å². The Bertz CT molecular complexity index is 689. The van der Waals surface area contributed by atoms with Gasteiger partial charge in [-0.3, -0.25) is 0 Å². The Morgan fingerprint density at radius 1 is 1.19 bits per heavy atom. The van der Waals surface area contributed by atoms with E-state index in [0.717, 1.165) is 30.5 Å². The quantitative estimate of drug-likeness (QED) is 0.858. The molecular formula is C17H15ClN2O. The number of benzene rings is 1. The maximum absolute atomic E-state index is 9.27. The van der Waals surface area contributed by atoms with Gasteiger partial charge in [-0.25, -0.2) is 4.98 Å². The van der Waals surface area contributed by atoms with Crippen molar-refractivity contribution in [3.8, 4) is 11.9 Å². The van der Waals surface area contributed by atoms with Gasteiger partial charge in [-0.05, 0) is 55.0 Å². The second-order valence-electron chi connectivity index (χ2n) is 5.18. The van der Waals surface area contributed by atoms with E-state index in [2.05, 4.69) is 11.1 Å². The Kier molecular flexibility index (Phi) is 4.08. The minimum atomic E-state index is 0.387. The fourth-order valence-electron chi connectivity index (χ4n) is 2.54. The average Bonchev–Trinajstić information content (AvgIpc) is 2.53. The number of fused-ring (bicyclic) bond motifs is 1. The van der Waals surface area contributed by atoms with Gasteiger partial charge in [0, 0.05) is 10.7 Å². The highest BCUT2D eigenvalue weighted by Crippen LogP contribution is 2.26. The number of aryl methyl sites for hydroxylation is 2. The zero-order valence-corrected chi connectivity index (χ0v) is 12.4. The van der Waals surface area contributed by atoms with Gasteiger partial charge in [0.25, 0.3) is 0 Å². The lowest BCUT2D eigenvalue weighted by molar-refractivity contribution is 0.291. The van der Waals surface area contributed by atoms with Crippen molar-refractivity contribution in [1.82, 2.24) is 4.98 Å². The number of hydrogen-bond donors (Lipinski definition) is 0. The van der Waals surface area contributed by atoms with Gasteiger partial charge >= 0.3 is 0 Å². The van der Waals surface area contributed by atoms with Crippen molar-refractivity contribution in [3.05, 3.63) is 57.7 Å². The predicted octanol–water partition coefficient (Wildman–Crippen LogP) is 4.06. The molecule has 0 saturated carbocycles. The van der Waals surface area contributed by atoms with E-state index in [4.69, 9.17) is 16.3 Å². The van der Waals surface area contributed by atoms with Crippen LogP contribution >= 0.6 is 11.6 Å². The van der Waals surface area contributed by atoms with Crippen LogP contribution in [0.1, 0.15) is 35.2 Å². The lowest BCUT2D eigenvalue weighted by Gasteiger charge is -2.16. The number of rotatable bonds is 3. The van der Waals surface area contributed by atoms with Gasteiger partial charge in [0.15, 0.2) is 0 Å². The average molecular weight is 299 g/mol. The van der Waals surface area contributed by atoms with Crippen LogP contribution in [0.2, 0.25) is 5.02 Å². The molecule has 1 heterocycles. The molecule has 4 heteroatoms. The van der Waals surface area contributed by atoms with Crippen LogP contribution in [0, 0.1) is 11.3 Å². The van der Waals surface area contributed by atoms with Crippen molar-refractivity contribution in [2.45, 2.75) is 32.3 Å².